The molecule has 0 bridgehead atoms. The molecule has 62 heavy (non-hydrogen) atoms. The molecule has 0 aliphatic rings. The van der Waals surface area contributed by atoms with E-state index in [0.29, 0.717) is 19.3 Å². The minimum Gasteiger partial charge on any atom is -0.462 e. The Morgan fingerprint density at radius 3 is 1.08 bits per heavy atom. The first-order chi connectivity index (χ1) is 30.5. The Balaban J connectivity index is 4.50. The molecule has 0 amide bonds. The topological polar surface area (TPSA) is 78.9 Å². The van der Waals surface area contributed by atoms with Gasteiger partial charge in [0.15, 0.2) is 6.10 Å². The second-order valence-electron chi connectivity index (χ2n) is 16.5. The van der Waals surface area contributed by atoms with Gasteiger partial charge in [0.25, 0.3) is 0 Å². The van der Waals surface area contributed by atoms with Crippen molar-refractivity contribution >= 4 is 17.9 Å². The number of allylic oxidation sites excluding steroid dienone is 16. The van der Waals surface area contributed by atoms with Crippen LogP contribution in [-0.2, 0) is 28.6 Å². The van der Waals surface area contributed by atoms with Crippen LogP contribution in [-0.4, -0.2) is 37.2 Å². The van der Waals surface area contributed by atoms with Crippen molar-refractivity contribution in [2.24, 2.45) is 0 Å². The van der Waals surface area contributed by atoms with Crippen LogP contribution in [0.15, 0.2) is 97.2 Å². The molecule has 0 aliphatic carbocycles. The van der Waals surface area contributed by atoms with Crippen LogP contribution < -0.4 is 0 Å². The molecule has 6 heteroatoms. The third-order valence-corrected chi connectivity index (χ3v) is 10.5. The maximum absolute atomic E-state index is 12.8. The van der Waals surface area contributed by atoms with Gasteiger partial charge < -0.3 is 14.2 Å². The van der Waals surface area contributed by atoms with Gasteiger partial charge in [0, 0.05) is 19.3 Å². The Labute approximate surface area is 381 Å². The fraction of sp³-hybridized carbons (Fsp3) is 0.661. The fourth-order valence-corrected chi connectivity index (χ4v) is 6.64. The summed E-state index contributed by atoms with van der Waals surface area (Å²) in [5.41, 5.74) is 0. The lowest BCUT2D eigenvalue weighted by atomic mass is 10.1. The molecule has 0 rings (SSSR count). The summed E-state index contributed by atoms with van der Waals surface area (Å²) in [5.74, 6) is -0.961. The van der Waals surface area contributed by atoms with Crippen molar-refractivity contribution in [3.63, 3.8) is 0 Å². The Morgan fingerprint density at radius 2 is 0.645 bits per heavy atom. The highest BCUT2D eigenvalue weighted by Gasteiger charge is 2.19. The van der Waals surface area contributed by atoms with Crippen molar-refractivity contribution in [3.05, 3.63) is 97.2 Å². The van der Waals surface area contributed by atoms with Crippen molar-refractivity contribution in [1.29, 1.82) is 0 Å². The lowest BCUT2D eigenvalue weighted by Gasteiger charge is -2.18. The zero-order chi connectivity index (χ0) is 45.1. The predicted octanol–water partition coefficient (Wildman–Crippen LogP) is 16.6. The van der Waals surface area contributed by atoms with E-state index >= 15 is 0 Å². The van der Waals surface area contributed by atoms with Gasteiger partial charge in [-0.25, -0.2) is 0 Å². The molecule has 0 aromatic heterocycles. The highest BCUT2D eigenvalue weighted by molar-refractivity contribution is 5.71. The summed E-state index contributed by atoms with van der Waals surface area (Å²) in [6, 6.07) is 0. The molecular weight excluding hydrogens is 769 g/mol. The highest BCUT2D eigenvalue weighted by atomic mass is 16.6. The monoisotopic (exact) mass is 861 g/mol. The zero-order valence-corrected chi connectivity index (χ0v) is 40.1. The van der Waals surface area contributed by atoms with Crippen molar-refractivity contribution in [2.45, 2.75) is 226 Å². The molecule has 0 saturated carbocycles. The molecule has 0 aliphatic heterocycles. The number of hydrogen-bond acceptors (Lipinski definition) is 6. The number of carbonyl (C=O) groups excluding carboxylic acids is 3. The van der Waals surface area contributed by atoms with Crippen LogP contribution in [0, 0.1) is 0 Å². The lowest BCUT2D eigenvalue weighted by molar-refractivity contribution is -0.167. The zero-order valence-electron chi connectivity index (χ0n) is 40.1. The van der Waals surface area contributed by atoms with E-state index in [1.54, 1.807) is 0 Å². The van der Waals surface area contributed by atoms with Crippen LogP contribution in [0.4, 0.5) is 0 Å². The smallest absolute Gasteiger partial charge is 0.306 e. The minimum absolute atomic E-state index is 0.0992. The molecular formula is C56H92O6. The van der Waals surface area contributed by atoms with E-state index in [2.05, 4.69) is 57.2 Å². The van der Waals surface area contributed by atoms with Gasteiger partial charge in [0.05, 0.1) is 0 Å². The van der Waals surface area contributed by atoms with E-state index in [1.165, 1.54) is 96.3 Å². The Kier molecular flexibility index (Phi) is 47.0. The van der Waals surface area contributed by atoms with Gasteiger partial charge in [0.2, 0.25) is 0 Å². The van der Waals surface area contributed by atoms with Crippen LogP contribution in [0.5, 0.6) is 0 Å². The van der Waals surface area contributed by atoms with Gasteiger partial charge in [-0.2, -0.15) is 0 Å². The molecule has 352 valence electrons. The van der Waals surface area contributed by atoms with Gasteiger partial charge in [-0.1, -0.05) is 208 Å². The van der Waals surface area contributed by atoms with E-state index in [9.17, 15) is 14.4 Å². The number of hydrogen-bond donors (Lipinski definition) is 0. The van der Waals surface area contributed by atoms with E-state index in [-0.39, 0.29) is 31.1 Å². The molecule has 0 spiro atoms. The largest absolute Gasteiger partial charge is 0.462 e. The summed E-state index contributed by atoms with van der Waals surface area (Å²) >= 11 is 0. The number of rotatable bonds is 44. The van der Waals surface area contributed by atoms with Gasteiger partial charge in [-0.3, -0.25) is 14.4 Å². The summed E-state index contributed by atoms with van der Waals surface area (Å²) in [4.78, 5) is 37.9. The normalized spacial score (nSPS) is 12.9. The Morgan fingerprint density at radius 1 is 0.339 bits per heavy atom. The Bertz CT molecular complexity index is 1260. The quantitative estimate of drug-likeness (QED) is 0.0200. The van der Waals surface area contributed by atoms with Crippen molar-refractivity contribution in [1.82, 2.24) is 0 Å². The summed E-state index contributed by atoms with van der Waals surface area (Å²) < 4.78 is 16.7. The molecule has 0 radical (unpaired) electrons. The minimum atomic E-state index is -0.801. The Hall–Kier alpha value is -3.67. The van der Waals surface area contributed by atoms with E-state index in [4.69, 9.17) is 14.2 Å². The molecule has 0 aromatic carbocycles. The molecule has 6 nitrogen and oxygen atoms in total. The number of esters is 3. The SMILES string of the molecule is CC\C=C/C=C\C=C/C=C\C=C\C=C/CCCCCC(=O)OCC(COC(=O)CCCCCCC/C=C\CCCCC)OC(=O)CCCCCCCCC/C=C\CCCCCC. The molecule has 0 fully saturated rings. The maximum atomic E-state index is 12.8. The first-order valence-corrected chi connectivity index (χ1v) is 25.3. The van der Waals surface area contributed by atoms with E-state index < -0.39 is 6.10 Å². The van der Waals surface area contributed by atoms with E-state index in [1.807, 2.05) is 60.8 Å². The van der Waals surface area contributed by atoms with Gasteiger partial charge in [-0.05, 0) is 89.9 Å². The molecule has 0 saturated heterocycles. The van der Waals surface area contributed by atoms with Crippen molar-refractivity contribution in [2.75, 3.05) is 13.2 Å². The van der Waals surface area contributed by atoms with Gasteiger partial charge in [0.1, 0.15) is 13.2 Å². The number of unbranched alkanes of at least 4 members (excludes halogenated alkanes) is 22. The average Bonchev–Trinajstić information content (AvgIpc) is 3.27. The summed E-state index contributed by atoms with van der Waals surface area (Å²) in [5, 5.41) is 0. The lowest BCUT2D eigenvalue weighted by Crippen LogP contribution is -2.30. The standard InChI is InChI=1S/C56H92O6/c1-4-7-10-13-16-19-22-25-27-28-30-31-34-37-40-43-46-49-55(58)61-52-53(51-60-54(57)48-45-42-39-36-33-24-21-18-15-12-9-6-3)62-56(59)50-47-44-41-38-35-32-29-26-23-20-17-14-11-8-5-2/h7,10,13,16,18-23,25,27-28,30-31,34,53H,4-6,8-9,11-12,14-15,17,24,26,29,32-33,35-52H2,1-3H3/b10-7-,16-13-,21-18-,22-19-,23-20-,27-25-,30-28+,34-31-. The second kappa shape index (κ2) is 50.0. The van der Waals surface area contributed by atoms with Gasteiger partial charge >= 0.3 is 17.9 Å². The van der Waals surface area contributed by atoms with Crippen LogP contribution in [0.3, 0.4) is 0 Å². The summed E-state index contributed by atoms with van der Waals surface area (Å²) in [6.07, 6.45) is 65.2. The maximum Gasteiger partial charge on any atom is 0.306 e. The van der Waals surface area contributed by atoms with Crippen molar-refractivity contribution < 1.29 is 28.6 Å². The third-order valence-electron chi connectivity index (χ3n) is 10.5. The number of ether oxygens (including phenoxy) is 3. The van der Waals surface area contributed by atoms with Crippen molar-refractivity contribution in [3.8, 4) is 0 Å². The molecule has 0 heterocycles. The second-order valence-corrected chi connectivity index (χ2v) is 16.5. The highest BCUT2D eigenvalue weighted by Crippen LogP contribution is 2.14. The predicted molar refractivity (Wildman–Crippen MR) is 265 cm³/mol. The third kappa shape index (κ3) is 47.4. The first-order valence-electron chi connectivity index (χ1n) is 25.3. The number of carbonyl (C=O) groups is 3. The molecule has 1 unspecified atom stereocenters. The first kappa shape index (κ1) is 58.3. The van der Waals surface area contributed by atoms with Crippen LogP contribution in [0.1, 0.15) is 220 Å². The molecule has 0 N–H and O–H groups in total. The van der Waals surface area contributed by atoms with Crippen LogP contribution in [0.25, 0.3) is 0 Å². The summed E-state index contributed by atoms with van der Waals surface area (Å²) in [7, 11) is 0. The van der Waals surface area contributed by atoms with Crippen LogP contribution in [0.2, 0.25) is 0 Å². The van der Waals surface area contributed by atoms with Gasteiger partial charge in [-0.15, -0.1) is 0 Å². The summed E-state index contributed by atoms with van der Waals surface area (Å²) in [6.45, 7) is 6.39. The van der Waals surface area contributed by atoms with E-state index in [0.717, 1.165) is 83.5 Å². The molecule has 1 atom stereocenters. The average molecular weight is 861 g/mol. The molecule has 0 aromatic rings. The van der Waals surface area contributed by atoms with Crippen LogP contribution >= 0.6 is 0 Å². The fourth-order valence-electron chi connectivity index (χ4n) is 6.64.